The summed E-state index contributed by atoms with van der Waals surface area (Å²) in [6, 6.07) is 16.2. The van der Waals surface area contributed by atoms with Crippen LogP contribution in [0.3, 0.4) is 0 Å². The Morgan fingerprint density at radius 3 is 2.03 bits per heavy atom. The van der Waals surface area contributed by atoms with E-state index in [0.717, 1.165) is 22.8 Å². The van der Waals surface area contributed by atoms with Gasteiger partial charge >= 0.3 is 12.3 Å². The van der Waals surface area contributed by atoms with Crippen LogP contribution in [0.15, 0.2) is 60.7 Å². The predicted molar refractivity (Wildman–Crippen MR) is 126 cm³/mol. The molecule has 1 saturated heterocycles. The Morgan fingerprint density at radius 2 is 1.49 bits per heavy atom. The Kier molecular flexibility index (Phi) is 7.73. The largest absolute Gasteiger partial charge is 0.493 e. The van der Waals surface area contributed by atoms with Crippen LogP contribution in [0.2, 0.25) is 0 Å². The van der Waals surface area contributed by atoms with Crippen LogP contribution in [0, 0.1) is 12.7 Å². The second kappa shape index (κ2) is 10.7. The highest BCUT2D eigenvalue weighted by atomic mass is 19.4. The van der Waals surface area contributed by atoms with Crippen molar-refractivity contribution in [2.24, 2.45) is 0 Å². The molecule has 0 radical (unpaired) electrons. The fourth-order valence-corrected chi connectivity index (χ4v) is 4.38. The standard InChI is InChI=1S/C28H26F6O3/c1-3-35-23-14-13-22(26(29)25(23)27(30,31)32)20-10-15-24(36-16-20)28(33,34)37-21-11-8-19(9-12-21)18-6-4-17(2)5-7-18/h4-9,11-14,20,24H,3,10,15-16H2,1-2H3. The summed E-state index contributed by atoms with van der Waals surface area (Å²) >= 11 is 0. The van der Waals surface area contributed by atoms with Gasteiger partial charge in [0, 0.05) is 5.92 Å². The van der Waals surface area contributed by atoms with Crippen molar-refractivity contribution in [3.8, 4) is 22.6 Å². The Hall–Kier alpha value is -3.20. The fraction of sp³-hybridized carbons (Fsp3) is 0.357. The number of benzene rings is 3. The minimum atomic E-state index is -4.97. The van der Waals surface area contributed by atoms with Gasteiger partial charge in [-0.3, -0.25) is 0 Å². The highest BCUT2D eigenvalue weighted by Gasteiger charge is 2.47. The molecule has 2 atom stereocenters. The van der Waals surface area contributed by atoms with Gasteiger partial charge in [-0.05, 0) is 61.6 Å². The Labute approximate surface area is 211 Å². The van der Waals surface area contributed by atoms with E-state index in [1.54, 1.807) is 12.1 Å². The summed E-state index contributed by atoms with van der Waals surface area (Å²) < 4.78 is 100. The van der Waals surface area contributed by atoms with Crippen LogP contribution in [0.1, 0.15) is 42.4 Å². The molecular weight excluding hydrogens is 498 g/mol. The van der Waals surface area contributed by atoms with Crippen molar-refractivity contribution in [3.05, 3.63) is 83.2 Å². The van der Waals surface area contributed by atoms with Gasteiger partial charge in [0.2, 0.25) is 0 Å². The molecule has 0 spiro atoms. The normalized spacial score (nSPS) is 18.5. The number of hydrogen-bond donors (Lipinski definition) is 0. The minimum Gasteiger partial charge on any atom is -0.493 e. The molecule has 0 bridgehead atoms. The number of halogens is 6. The molecule has 9 heteroatoms. The molecule has 0 aromatic heterocycles. The van der Waals surface area contributed by atoms with E-state index in [0.29, 0.717) is 0 Å². The molecule has 2 unspecified atom stereocenters. The van der Waals surface area contributed by atoms with Crippen molar-refractivity contribution in [2.45, 2.75) is 51.0 Å². The second-order valence-corrected chi connectivity index (χ2v) is 8.92. The summed E-state index contributed by atoms with van der Waals surface area (Å²) in [4.78, 5) is 0. The summed E-state index contributed by atoms with van der Waals surface area (Å²) in [5, 5.41) is 0. The lowest BCUT2D eigenvalue weighted by Crippen LogP contribution is -2.44. The van der Waals surface area contributed by atoms with E-state index in [1.807, 2.05) is 31.2 Å². The lowest BCUT2D eigenvalue weighted by molar-refractivity contribution is -0.262. The third-order valence-electron chi connectivity index (χ3n) is 6.30. The van der Waals surface area contributed by atoms with Gasteiger partial charge in [-0.25, -0.2) is 4.39 Å². The van der Waals surface area contributed by atoms with Gasteiger partial charge < -0.3 is 14.2 Å². The highest BCUT2D eigenvalue weighted by Crippen LogP contribution is 2.43. The van der Waals surface area contributed by atoms with Gasteiger partial charge in [0.25, 0.3) is 0 Å². The maximum atomic E-state index is 14.9. The maximum Gasteiger partial charge on any atom is 0.424 e. The topological polar surface area (TPSA) is 27.7 Å². The van der Waals surface area contributed by atoms with Gasteiger partial charge in [0.05, 0.1) is 13.2 Å². The smallest absolute Gasteiger partial charge is 0.424 e. The van der Waals surface area contributed by atoms with E-state index in [2.05, 4.69) is 0 Å². The number of rotatable bonds is 7. The predicted octanol–water partition coefficient (Wildman–Crippen LogP) is 8.15. The zero-order valence-electron chi connectivity index (χ0n) is 20.2. The van der Waals surface area contributed by atoms with E-state index in [9.17, 15) is 26.3 Å². The molecule has 3 aromatic rings. The van der Waals surface area contributed by atoms with Crippen LogP contribution in [-0.2, 0) is 10.9 Å². The quantitative estimate of drug-likeness (QED) is 0.292. The zero-order valence-corrected chi connectivity index (χ0v) is 20.2. The van der Waals surface area contributed by atoms with E-state index >= 15 is 0 Å². The first-order valence-corrected chi connectivity index (χ1v) is 11.9. The lowest BCUT2D eigenvalue weighted by atomic mass is 9.89. The average Bonchev–Trinajstić information content (AvgIpc) is 2.84. The molecule has 198 valence electrons. The van der Waals surface area contributed by atoms with Crippen molar-refractivity contribution in [2.75, 3.05) is 13.2 Å². The molecule has 0 N–H and O–H groups in total. The van der Waals surface area contributed by atoms with E-state index in [4.69, 9.17) is 14.2 Å². The van der Waals surface area contributed by atoms with Crippen molar-refractivity contribution in [1.29, 1.82) is 0 Å². The van der Waals surface area contributed by atoms with Crippen LogP contribution >= 0.6 is 0 Å². The molecule has 0 amide bonds. The number of ether oxygens (including phenoxy) is 3. The van der Waals surface area contributed by atoms with Crippen LogP contribution in [0.4, 0.5) is 26.3 Å². The third kappa shape index (κ3) is 6.04. The molecule has 0 aliphatic carbocycles. The molecule has 1 fully saturated rings. The first-order chi connectivity index (χ1) is 17.5. The third-order valence-corrected chi connectivity index (χ3v) is 6.30. The van der Waals surface area contributed by atoms with Crippen LogP contribution < -0.4 is 9.47 Å². The van der Waals surface area contributed by atoms with E-state index in [-0.39, 0.29) is 37.4 Å². The first-order valence-electron chi connectivity index (χ1n) is 11.9. The molecule has 1 aliphatic rings. The Balaban J connectivity index is 1.42. The lowest BCUT2D eigenvalue weighted by Gasteiger charge is -2.34. The summed E-state index contributed by atoms with van der Waals surface area (Å²) in [6.45, 7) is 3.01. The Morgan fingerprint density at radius 1 is 0.865 bits per heavy atom. The van der Waals surface area contributed by atoms with Gasteiger partial charge in [-0.2, -0.15) is 22.0 Å². The van der Waals surface area contributed by atoms with Crippen LogP contribution in [0.25, 0.3) is 11.1 Å². The second-order valence-electron chi connectivity index (χ2n) is 8.92. The summed E-state index contributed by atoms with van der Waals surface area (Å²) in [7, 11) is 0. The van der Waals surface area contributed by atoms with Crippen molar-refractivity contribution in [1.82, 2.24) is 0 Å². The van der Waals surface area contributed by atoms with Crippen LogP contribution in [0.5, 0.6) is 11.5 Å². The number of aryl methyl sites for hydroxylation is 1. The molecular formula is C28H26F6O3. The molecule has 1 aliphatic heterocycles. The fourth-order valence-electron chi connectivity index (χ4n) is 4.38. The molecule has 37 heavy (non-hydrogen) atoms. The SMILES string of the molecule is CCOc1ccc(C2CCC(C(F)(F)Oc3ccc(-c4ccc(C)cc4)cc3)OC2)c(F)c1C(F)(F)F. The molecule has 4 rings (SSSR count). The van der Waals surface area contributed by atoms with Crippen molar-refractivity contribution < 1.29 is 40.6 Å². The number of alkyl halides is 5. The summed E-state index contributed by atoms with van der Waals surface area (Å²) in [5.74, 6) is -2.96. The summed E-state index contributed by atoms with van der Waals surface area (Å²) in [5.41, 5.74) is 1.12. The average molecular weight is 525 g/mol. The Bertz CT molecular complexity index is 1200. The van der Waals surface area contributed by atoms with Gasteiger partial charge in [-0.15, -0.1) is 0 Å². The zero-order chi connectivity index (χ0) is 26.8. The monoisotopic (exact) mass is 524 g/mol. The minimum absolute atomic E-state index is 0.00181. The molecule has 0 saturated carbocycles. The van der Waals surface area contributed by atoms with Crippen LogP contribution in [-0.4, -0.2) is 25.4 Å². The van der Waals surface area contributed by atoms with Gasteiger partial charge in [0.15, 0.2) is 6.10 Å². The van der Waals surface area contributed by atoms with Crippen molar-refractivity contribution in [3.63, 3.8) is 0 Å². The van der Waals surface area contributed by atoms with E-state index < -0.39 is 41.4 Å². The summed E-state index contributed by atoms with van der Waals surface area (Å²) in [6.07, 6.45) is -10.5. The van der Waals surface area contributed by atoms with E-state index in [1.165, 1.54) is 25.1 Å². The molecule has 3 aromatic carbocycles. The molecule has 3 nitrogen and oxygen atoms in total. The maximum absolute atomic E-state index is 14.9. The highest BCUT2D eigenvalue weighted by molar-refractivity contribution is 5.64. The first kappa shape index (κ1) is 26.9. The molecule has 1 heterocycles. The van der Waals surface area contributed by atoms with Crippen molar-refractivity contribution >= 4 is 0 Å². The number of hydrogen-bond acceptors (Lipinski definition) is 3. The van der Waals surface area contributed by atoms with Gasteiger partial charge in [-0.1, -0.05) is 48.0 Å². The van der Waals surface area contributed by atoms with Gasteiger partial charge in [0.1, 0.15) is 22.9 Å².